The number of sulfone groups is 1. The highest BCUT2D eigenvalue weighted by Gasteiger charge is 2.43. The summed E-state index contributed by atoms with van der Waals surface area (Å²) < 4.78 is 81.3. The zero-order chi connectivity index (χ0) is 21.8. The maximum Gasteiger partial charge on any atom is 0.246 e. The molecule has 1 aromatic carbocycles. The van der Waals surface area contributed by atoms with Crippen LogP contribution < -0.4 is 9.04 Å². The molecular weight excluding hydrogens is 444 g/mol. The van der Waals surface area contributed by atoms with Crippen LogP contribution >= 0.6 is 0 Å². The first-order chi connectivity index (χ1) is 13.3. The van der Waals surface area contributed by atoms with Gasteiger partial charge < -0.3 is 4.74 Å². The van der Waals surface area contributed by atoms with Gasteiger partial charge in [-0.1, -0.05) is 6.92 Å². The van der Waals surface area contributed by atoms with E-state index < -0.39 is 47.8 Å². The summed E-state index contributed by atoms with van der Waals surface area (Å²) in [5.41, 5.74) is -0.105. The molecule has 2 aliphatic rings. The molecule has 0 saturated carbocycles. The molecule has 0 spiro atoms. The van der Waals surface area contributed by atoms with Crippen molar-refractivity contribution in [1.82, 2.24) is 4.31 Å². The van der Waals surface area contributed by atoms with Crippen LogP contribution in [0.5, 0.6) is 5.75 Å². The summed E-state index contributed by atoms with van der Waals surface area (Å²) in [7, 11) is -8.93. The summed E-state index contributed by atoms with van der Waals surface area (Å²) in [6.45, 7) is 1.48. The molecule has 0 radical (unpaired) electrons. The molecule has 10 nitrogen and oxygen atoms in total. The van der Waals surface area contributed by atoms with E-state index >= 15 is 0 Å². The Kier molecular flexibility index (Phi) is 5.47. The number of nitrogens with zero attached hydrogens (tertiary/aromatic N) is 2. The third-order valence-electron chi connectivity index (χ3n) is 5.12. The molecule has 0 unspecified atom stereocenters. The van der Waals surface area contributed by atoms with Crippen molar-refractivity contribution in [2.75, 3.05) is 35.7 Å². The van der Waals surface area contributed by atoms with Crippen LogP contribution in [0, 0.1) is 5.92 Å². The maximum atomic E-state index is 13.2. The second-order valence-electron chi connectivity index (χ2n) is 7.20. The SMILES string of the molecule is COc1ccc(N2C(=O)[C@@H](C)CS2(=O)=O)cc1S(=O)(=O)N(C)[C@H]1CCS(=O)(=O)C1. The van der Waals surface area contributed by atoms with Crippen molar-refractivity contribution < 1.29 is 34.8 Å². The highest BCUT2D eigenvalue weighted by atomic mass is 32.2. The van der Waals surface area contributed by atoms with Gasteiger partial charge in [0.1, 0.15) is 10.6 Å². The number of sulfonamides is 2. The summed E-state index contributed by atoms with van der Waals surface area (Å²) in [5.74, 6) is -2.19. The fraction of sp³-hybridized carbons (Fsp3) is 0.562. The minimum absolute atomic E-state index is 0.0430. The van der Waals surface area contributed by atoms with Crippen LogP contribution in [0.25, 0.3) is 0 Å². The van der Waals surface area contributed by atoms with Gasteiger partial charge in [-0.25, -0.2) is 29.6 Å². The molecule has 2 heterocycles. The Morgan fingerprint density at radius 3 is 2.31 bits per heavy atom. The normalized spacial score (nSPS) is 26.2. The second-order valence-corrected chi connectivity index (χ2v) is 13.3. The van der Waals surface area contributed by atoms with E-state index in [1.54, 1.807) is 0 Å². The number of anilines is 1. The second kappa shape index (κ2) is 7.22. The Bertz CT molecular complexity index is 1160. The number of methoxy groups -OCH3 is 1. The van der Waals surface area contributed by atoms with Crippen molar-refractivity contribution in [2.24, 2.45) is 5.92 Å². The predicted octanol–water partition coefficient (Wildman–Crippen LogP) is -0.185. The van der Waals surface area contributed by atoms with Gasteiger partial charge in [-0.05, 0) is 24.6 Å². The Labute approximate surface area is 170 Å². The van der Waals surface area contributed by atoms with E-state index in [0.717, 1.165) is 10.4 Å². The van der Waals surface area contributed by atoms with Crippen LogP contribution in [0.2, 0.25) is 0 Å². The first kappa shape index (κ1) is 22.0. The monoisotopic (exact) mass is 466 g/mol. The summed E-state index contributed by atoms with van der Waals surface area (Å²) in [5, 5.41) is 0. The summed E-state index contributed by atoms with van der Waals surface area (Å²) in [6, 6.07) is 2.90. The molecular formula is C16H22N2O8S3. The average molecular weight is 467 g/mol. The smallest absolute Gasteiger partial charge is 0.246 e. The molecule has 162 valence electrons. The van der Waals surface area contributed by atoms with E-state index in [0.29, 0.717) is 4.31 Å². The molecule has 2 saturated heterocycles. The van der Waals surface area contributed by atoms with Crippen LogP contribution in [0.3, 0.4) is 0 Å². The number of rotatable bonds is 5. The molecule has 2 atom stereocenters. The van der Waals surface area contributed by atoms with Crippen LogP contribution in [-0.2, 0) is 34.7 Å². The lowest BCUT2D eigenvalue weighted by Crippen LogP contribution is -2.38. The van der Waals surface area contributed by atoms with Gasteiger partial charge >= 0.3 is 0 Å². The molecule has 2 fully saturated rings. The number of hydrogen-bond acceptors (Lipinski definition) is 8. The Hall–Kier alpha value is -1.70. The summed E-state index contributed by atoms with van der Waals surface area (Å²) in [6.07, 6.45) is 0.163. The van der Waals surface area contributed by atoms with Gasteiger partial charge in [0.15, 0.2) is 9.84 Å². The number of amides is 1. The van der Waals surface area contributed by atoms with Crippen molar-refractivity contribution in [2.45, 2.75) is 24.3 Å². The van der Waals surface area contributed by atoms with E-state index in [1.807, 2.05) is 0 Å². The fourth-order valence-electron chi connectivity index (χ4n) is 3.49. The quantitative estimate of drug-likeness (QED) is 0.583. The molecule has 29 heavy (non-hydrogen) atoms. The Morgan fingerprint density at radius 2 is 1.83 bits per heavy atom. The van der Waals surface area contributed by atoms with Gasteiger partial charge in [-0.15, -0.1) is 0 Å². The van der Waals surface area contributed by atoms with Crippen molar-refractivity contribution in [3.8, 4) is 5.75 Å². The summed E-state index contributed by atoms with van der Waals surface area (Å²) in [4.78, 5) is 12.0. The van der Waals surface area contributed by atoms with E-state index in [2.05, 4.69) is 0 Å². The van der Waals surface area contributed by atoms with Gasteiger partial charge in [0.2, 0.25) is 26.0 Å². The van der Waals surface area contributed by atoms with E-state index in [1.165, 1.54) is 33.2 Å². The molecule has 1 aromatic rings. The van der Waals surface area contributed by atoms with Crippen molar-refractivity contribution >= 4 is 41.5 Å². The lowest BCUT2D eigenvalue weighted by molar-refractivity contribution is -0.119. The number of hydrogen-bond donors (Lipinski definition) is 0. The van der Waals surface area contributed by atoms with Crippen LogP contribution in [-0.4, -0.2) is 72.9 Å². The van der Waals surface area contributed by atoms with Crippen molar-refractivity contribution in [3.63, 3.8) is 0 Å². The molecule has 0 aliphatic carbocycles. The molecule has 2 aliphatic heterocycles. The topological polar surface area (TPSA) is 135 Å². The molecule has 0 N–H and O–H groups in total. The predicted molar refractivity (Wildman–Crippen MR) is 105 cm³/mol. The highest BCUT2D eigenvalue weighted by Crippen LogP contribution is 2.36. The van der Waals surface area contributed by atoms with Crippen molar-refractivity contribution in [1.29, 1.82) is 0 Å². The fourth-order valence-corrected chi connectivity index (χ4v) is 8.73. The largest absolute Gasteiger partial charge is 0.495 e. The zero-order valence-corrected chi connectivity index (χ0v) is 18.5. The van der Waals surface area contributed by atoms with Crippen LogP contribution in [0.1, 0.15) is 13.3 Å². The minimum atomic E-state index is -4.22. The van der Waals surface area contributed by atoms with E-state index in [-0.39, 0.29) is 40.0 Å². The lowest BCUT2D eigenvalue weighted by Gasteiger charge is -2.25. The molecule has 0 aromatic heterocycles. The molecule has 1 amide bonds. The number of benzene rings is 1. The van der Waals surface area contributed by atoms with Gasteiger partial charge in [0.25, 0.3) is 0 Å². The van der Waals surface area contributed by atoms with Gasteiger partial charge in [-0.2, -0.15) is 4.31 Å². The van der Waals surface area contributed by atoms with Crippen molar-refractivity contribution in [3.05, 3.63) is 18.2 Å². The van der Waals surface area contributed by atoms with E-state index in [4.69, 9.17) is 4.74 Å². The summed E-state index contributed by atoms with van der Waals surface area (Å²) >= 11 is 0. The van der Waals surface area contributed by atoms with Crippen LogP contribution in [0.4, 0.5) is 5.69 Å². The third-order valence-corrected chi connectivity index (χ3v) is 10.7. The molecule has 13 heteroatoms. The number of carbonyl (C=O) groups is 1. The van der Waals surface area contributed by atoms with Crippen LogP contribution in [0.15, 0.2) is 23.1 Å². The Morgan fingerprint density at radius 1 is 1.17 bits per heavy atom. The third kappa shape index (κ3) is 3.88. The highest BCUT2D eigenvalue weighted by molar-refractivity contribution is 7.94. The molecule has 3 rings (SSSR count). The number of carbonyl (C=O) groups excluding carboxylic acids is 1. The Balaban J connectivity index is 2.07. The van der Waals surface area contributed by atoms with Gasteiger partial charge in [-0.3, -0.25) is 4.79 Å². The maximum absolute atomic E-state index is 13.2. The van der Waals surface area contributed by atoms with E-state index in [9.17, 15) is 30.0 Å². The van der Waals surface area contributed by atoms with Gasteiger partial charge in [0.05, 0.1) is 36.0 Å². The first-order valence-electron chi connectivity index (χ1n) is 8.73. The first-order valence-corrected chi connectivity index (χ1v) is 13.6. The standard InChI is InChI=1S/C16H22N2O8S3/c1-11-9-28(22,23)18(16(11)19)12-4-5-14(26-3)15(8-12)29(24,25)17(2)13-6-7-27(20,21)10-13/h4-5,8,11,13H,6-7,9-10H2,1-3H3/t11-,13-/m0/s1. The zero-order valence-electron chi connectivity index (χ0n) is 16.1. The number of ether oxygens (including phenoxy) is 1. The minimum Gasteiger partial charge on any atom is -0.495 e. The molecule has 0 bridgehead atoms. The average Bonchev–Trinajstić information content (AvgIpc) is 3.09. The van der Waals surface area contributed by atoms with Gasteiger partial charge in [0, 0.05) is 13.1 Å². The lowest BCUT2D eigenvalue weighted by atomic mass is 10.2.